The van der Waals surface area contributed by atoms with Crippen LogP contribution in [-0.4, -0.2) is 47.3 Å². The largest absolute Gasteiger partial charge is 0.492 e. The Kier molecular flexibility index (Phi) is 5.24. The smallest absolute Gasteiger partial charge is 0.274 e. The van der Waals surface area contributed by atoms with Gasteiger partial charge in [-0.2, -0.15) is 10.4 Å². The predicted molar refractivity (Wildman–Crippen MR) is 94.9 cm³/mol. The van der Waals surface area contributed by atoms with Gasteiger partial charge in [0, 0.05) is 19.0 Å². The van der Waals surface area contributed by atoms with E-state index in [1.54, 1.807) is 36.2 Å². The monoisotopic (exact) mass is 354 g/mol. The molecule has 0 spiro atoms. The molecule has 1 amide bonds. The Morgan fingerprint density at radius 3 is 3.08 bits per heavy atom. The number of H-pyrrole nitrogens is 1. The van der Waals surface area contributed by atoms with Crippen LogP contribution in [0.4, 0.5) is 0 Å². The van der Waals surface area contributed by atoms with E-state index in [9.17, 15) is 4.79 Å². The van der Waals surface area contributed by atoms with Crippen molar-refractivity contribution in [3.05, 3.63) is 46.8 Å². The molecular formula is C19H22N4O3. The molecule has 0 radical (unpaired) electrons. The maximum absolute atomic E-state index is 12.7. The summed E-state index contributed by atoms with van der Waals surface area (Å²) in [7, 11) is 1.73. The highest BCUT2D eigenvalue weighted by molar-refractivity contribution is 5.94. The molecule has 2 aromatic rings. The number of nitrogens with zero attached hydrogens (tertiary/aromatic N) is 3. The van der Waals surface area contributed by atoms with Crippen LogP contribution in [0.15, 0.2) is 24.3 Å². The molecule has 7 heteroatoms. The maximum Gasteiger partial charge on any atom is 0.274 e. The quantitative estimate of drug-likeness (QED) is 0.890. The number of aromatic amines is 1. The highest BCUT2D eigenvalue weighted by Gasteiger charge is 2.30. The Labute approximate surface area is 152 Å². The van der Waals surface area contributed by atoms with Crippen LogP contribution in [0.2, 0.25) is 0 Å². The lowest BCUT2D eigenvalue weighted by molar-refractivity contribution is -0.00701. The van der Waals surface area contributed by atoms with Crippen molar-refractivity contribution in [2.75, 3.05) is 20.2 Å². The maximum atomic E-state index is 12.7. The van der Waals surface area contributed by atoms with Crippen LogP contribution in [-0.2, 0) is 11.2 Å². The minimum Gasteiger partial charge on any atom is -0.492 e. The lowest BCUT2D eigenvalue weighted by atomic mass is 9.99. The Hall–Kier alpha value is -2.85. The van der Waals surface area contributed by atoms with Crippen molar-refractivity contribution in [3.8, 4) is 11.8 Å². The standard InChI is InChI=1S/C19H22N4O3/c1-12-9-16-17(13(2)26-12)21-22-18(16)19(24)23(3)7-8-25-15-6-4-5-14(10-15)11-20/h4-6,10,12-13H,7-9H2,1-3H3,(H,21,22)/t12-,13+/m1/s1. The molecule has 7 nitrogen and oxygen atoms in total. The molecule has 1 aliphatic rings. The number of likely N-dealkylation sites (N-methyl/N-ethyl adjacent to an activating group) is 1. The zero-order chi connectivity index (χ0) is 18.7. The van der Waals surface area contributed by atoms with Gasteiger partial charge in [-0.3, -0.25) is 9.89 Å². The minimum atomic E-state index is -0.141. The summed E-state index contributed by atoms with van der Waals surface area (Å²) in [6.07, 6.45) is 0.634. The molecule has 136 valence electrons. The third-order valence-electron chi connectivity index (χ3n) is 4.44. The third kappa shape index (κ3) is 3.70. The summed E-state index contributed by atoms with van der Waals surface area (Å²) >= 11 is 0. The zero-order valence-corrected chi connectivity index (χ0v) is 15.2. The average molecular weight is 354 g/mol. The minimum absolute atomic E-state index is 0.0581. The van der Waals surface area contributed by atoms with E-state index in [1.165, 1.54) is 0 Å². The fraction of sp³-hybridized carbons (Fsp3) is 0.421. The molecule has 0 fully saturated rings. The molecule has 2 heterocycles. The van der Waals surface area contributed by atoms with Crippen LogP contribution in [0.1, 0.15) is 47.3 Å². The van der Waals surface area contributed by atoms with Crippen LogP contribution < -0.4 is 4.74 Å². The van der Waals surface area contributed by atoms with Gasteiger partial charge in [-0.05, 0) is 32.0 Å². The van der Waals surface area contributed by atoms with Gasteiger partial charge in [0.25, 0.3) is 5.91 Å². The lowest BCUT2D eigenvalue weighted by Gasteiger charge is -2.25. The van der Waals surface area contributed by atoms with Gasteiger partial charge in [0.1, 0.15) is 12.4 Å². The summed E-state index contributed by atoms with van der Waals surface area (Å²) in [5.74, 6) is 0.472. The van der Waals surface area contributed by atoms with Crippen molar-refractivity contribution in [2.24, 2.45) is 0 Å². The van der Waals surface area contributed by atoms with Gasteiger partial charge in [-0.1, -0.05) is 6.07 Å². The van der Waals surface area contributed by atoms with Crippen molar-refractivity contribution in [2.45, 2.75) is 32.5 Å². The molecule has 0 saturated carbocycles. The van der Waals surface area contributed by atoms with Crippen LogP contribution >= 0.6 is 0 Å². The van der Waals surface area contributed by atoms with Crippen molar-refractivity contribution >= 4 is 5.91 Å². The predicted octanol–water partition coefficient (Wildman–Crippen LogP) is 2.45. The summed E-state index contributed by atoms with van der Waals surface area (Å²) in [4.78, 5) is 14.3. The Morgan fingerprint density at radius 2 is 2.31 bits per heavy atom. The number of fused-ring (bicyclic) bond motifs is 1. The highest BCUT2D eigenvalue weighted by Crippen LogP contribution is 2.30. The van der Waals surface area contributed by atoms with Gasteiger partial charge in [0.05, 0.1) is 36.1 Å². The van der Waals surface area contributed by atoms with Gasteiger partial charge < -0.3 is 14.4 Å². The number of nitrogens with one attached hydrogen (secondary N) is 1. The van der Waals surface area contributed by atoms with Gasteiger partial charge in [0.15, 0.2) is 5.69 Å². The van der Waals surface area contributed by atoms with Crippen molar-refractivity contribution in [1.82, 2.24) is 15.1 Å². The van der Waals surface area contributed by atoms with Gasteiger partial charge in [-0.25, -0.2) is 0 Å². The third-order valence-corrected chi connectivity index (χ3v) is 4.44. The lowest BCUT2D eigenvalue weighted by Crippen LogP contribution is -2.32. The van der Waals surface area contributed by atoms with Crippen LogP contribution in [0.5, 0.6) is 5.75 Å². The second-order valence-corrected chi connectivity index (χ2v) is 6.47. The number of rotatable bonds is 5. The number of carbonyl (C=O) groups excluding carboxylic acids is 1. The number of ether oxygens (including phenoxy) is 2. The summed E-state index contributed by atoms with van der Waals surface area (Å²) in [5, 5.41) is 16.1. The zero-order valence-electron chi connectivity index (χ0n) is 15.2. The molecule has 1 N–H and O–H groups in total. The molecule has 0 bridgehead atoms. The van der Waals surface area contributed by atoms with Crippen molar-refractivity contribution < 1.29 is 14.3 Å². The van der Waals surface area contributed by atoms with Gasteiger partial charge >= 0.3 is 0 Å². The van der Waals surface area contributed by atoms with E-state index in [4.69, 9.17) is 14.7 Å². The van der Waals surface area contributed by atoms with Crippen LogP contribution in [0, 0.1) is 11.3 Å². The first-order valence-corrected chi connectivity index (χ1v) is 8.60. The number of benzene rings is 1. The summed E-state index contributed by atoms with van der Waals surface area (Å²) < 4.78 is 11.4. The number of aromatic nitrogens is 2. The number of hydrogen-bond donors (Lipinski definition) is 1. The van der Waals surface area contributed by atoms with E-state index in [0.717, 1.165) is 11.3 Å². The van der Waals surface area contributed by atoms with Gasteiger partial charge in [0.2, 0.25) is 0 Å². The highest BCUT2D eigenvalue weighted by atomic mass is 16.5. The average Bonchev–Trinajstić information content (AvgIpc) is 3.05. The van der Waals surface area contributed by atoms with E-state index >= 15 is 0 Å². The van der Waals surface area contributed by atoms with Crippen LogP contribution in [0.3, 0.4) is 0 Å². The molecule has 1 aromatic heterocycles. The summed E-state index contributed by atoms with van der Waals surface area (Å²) in [6, 6.07) is 9.02. The van der Waals surface area contributed by atoms with E-state index in [2.05, 4.69) is 16.3 Å². The van der Waals surface area contributed by atoms with E-state index in [1.807, 2.05) is 13.8 Å². The number of carbonyl (C=O) groups is 1. The molecule has 1 aromatic carbocycles. The van der Waals surface area contributed by atoms with Gasteiger partial charge in [-0.15, -0.1) is 0 Å². The second kappa shape index (κ2) is 7.58. The Morgan fingerprint density at radius 1 is 1.50 bits per heavy atom. The van der Waals surface area contributed by atoms with Crippen LogP contribution in [0.25, 0.3) is 0 Å². The molecule has 0 saturated heterocycles. The Bertz CT molecular complexity index is 840. The summed E-state index contributed by atoms with van der Waals surface area (Å²) in [6.45, 7) is 4.69. The fourth-order valence-corrected chi connectivity index (χ4v) is 3.09. The molecule has 0 unspecified atom stereocenters. The second-order valence-electron chi connectivity index (χ2n) is 6.47. The molecule has 0 aliphatic carbocycles. The normalized spacial score (nSPS) is 18.7. The number of amides is 1. The van der Waals surface area contributed by atoms with Crippen molar-refractivity contribution in [3.63, 3.8) is 0 Å². The summed E-state index contributed by atoms with van der Waals surface area (Å²) in [5.41, 5.74) is 2.82. The first-order chi connectivity index (χ1) is 12.5. The first kappa shape index (κ1) is 18.0. The number of nitriles is 1. The number of hydrogen-bond acceptors (Lipinski definition) is 5. The van der Waals surface area contributed by atoms with E-state index < -0.39 is 0 Å². The SMILES string of the molecule is C[C@@H]1Cc2c(C(=O)N(C)CCOc3cccc(C#N)c3)n[nH]c2[C@H](C)O1. The van der Waals surface area contributed by atoms with Crippen molar-refractivity contribution in [1.29, 1.82) is 5.26 Å². The molecular weight excluding hydrogens is 332 g/mol. The fourth-order valence-electron chi connectivity index (χ4n) is 3.09. The molecule has 3 rings (SSSR count). The Balaban J connectivity index is 1.61. The molecule has 1 aliphatic heterocycles. The van der Waals surface area contributed by atoms with E-state index in [0.29, 0.717) is 36.6 Å². The molecule has 26 heavy (non-hydrogen) atoms. The first-order valence-electron chi connectivity index (χ1n) is 8.60. The molecule has 2 atom stereocenters. The topological polar surface area (TPSA) is 91.2 Å². The van der Waals surface area contributed by atoms with E-state index in [-0.39, 0.29) is 18.1 Å².